The third-order valence-corrected chi connectivity index (χ3v) is 4.34. The zero-order valence-corrected chi connectivity index (χ0v) is 10.7. The van der Waals surface area contributed by atoms with Gasteiger partial charge in [0.15, 0.2) is 0 Å². The summed E-state index contributed by atoms with van der Waals surface area (Å²) in [5.41, 5.74) is 8.81. The van der Waals surface area contributed by atoms with E-state index in [0.29, 0.717) is 5.41 Å². The lowest BCUT2D eigenvalue weighted by Gasteiger charge is -2.41. The van der Waals surface area contributed by atoms with Crippen molar-refractivity contribution in [3.63, 3.8) is 0 Å². The van der Waals surface area contributed by atoms with Gasteiger partial charge in [-0.05, 0) is 36.4 Å². The first kappa shape index (κ1) is 11.8. The fraction of sp³-hybridized carbons (Fsp3) is 0.467. The zero-order chi connectivity index (χ0) is 12.4. The zero-order valence-electron chi connectivity index (χ0n) is 10.7. The first-order chi connectivity index (χ1) is 8.83. The molecule has 0 saturated heterocycles. The maximum Gasteiger partial charge on any atom is 0.0457 e. The first-order valence-corrected chi connectivity index (χ1v) is 6.79. The minimum absolute atomic E-state index is 0.381. The number of hydrogen-bond donors (Lipinski definition) is 3. The Bertz CT molecular complexity index is 520. The molecule has 4 N–H and O–H groups in total. The maximum atomic E-state index is 5.87. The van der Waals surface area contributed by atoms with E-state index in [1.165, 1.54) is 35.7 Å². The molecule has 1 fully saturated rings. The summed E-state index contributed by atoms with van der Waals surface area (Å²) in [4.78, 5) is 3.31. The molecule has 0 spiro atoms. The number of aromatic nitrogens is 1. The van der Waals surface area contributed by atoms with E-state index in [1.54, 1.807) is 0 Å². The number of benzene rings is 1. The lowest BCUT2D eigenvalue weighted by molar-refractivity contribution is 0.141. The highest BCUT2D eigenvalue weighted by Crippen LogP contribution is 2.39. The average Bonchev–Trinajstić information content (AvgIpc) is 2.76. The van der Waals surface area contributed by atoms with Crippen LogP contribution in [-0.4, -0.2) is 18.1 Å². The molecule has 1 aromatic heterocycles. The summed E-state index contributed by atoms with van der Waals surface area (Å²) < 4.78 is 0. The molecule has 0 bridgehead atoms. The van der Waals surface area contributed by atoms with Gasteiger partial charge in [0.05, 0.1) is 0 Å². The summed E-state index contributed by atoms with van der Waals surface area (Å²) in [6.07, 6.45) is 6.01. The maximum absolute atomic E-state index is 5.87. The number of rotatable bonds is 5. The van der Waals surface area contributed by atoms with Gasteiger partial charge in [-0.25, -0.2) is 0 Å². The van der Waals surface area contributed by atoms with Gasteiger partial charge >= 0.3 is 0 Å². The van der Waals surface area contributed by atoms with Crippen LogP contribution in [0.4, 0.5) is 0 Å². The van der Waals surface area contributed by atoms with Crippen molar-refractivity contribution in [1.82, 2.24) is 10.3 Å². The number of aromatic amines is 1. The minimum atomic E-state index is 0.381. The summed E-state index contributed by atoms with van der Waals surface area (Å²) in [5.74, 6) is 0. The largest absolute Gasteiger partial charge is 0.361 e. The number of nitrogens with one attached hydrogen (secondary N) is 2. The predicted molar refractivity (Wildman–Crippen MR) is 75.3 cm³/mol. The van der Waals surface area contributed by atoms with E-state index in [1.807, 2.05) is 0 Å². The molecule has 18 heavy (non-hydrogen) atoms. The Morgan fingerprint density at radius 3 is 2.83 bits per heavy atom. The second-order valence-electron chi connectivity index (χ2n) is 5.52. The smallest absolute Gasteiger partial charge is 0.0457 e. The van der Waals surface area contributed by atoms with E-state index in [0.717, 1.165) is 19.6 Å². The van der Waals surface area contributed by atoms with Crippen molar-refractivity contribution in [2.24, 2.45) is 11.1 Å². The SMILES string of the molecule is NCC1(CNCc2c[nH]c3ccccc23)CCC1. The van der Waals surface area contributed by atoms with Gasteiger partial charge < -0.3 is 16.0 Å². The van der Waals surface area contributed by atoms with E-state index >= 15 is 0 Å². The van der Waals surface area contributed by atoms with Crippen molar-refractivity contribution in [2.75, 3.05) is 13.1 Å². The molecule has 3 heteroatoms. The summed E-state index contributed by atoms with van der Waals surface area (Å²) in [6.45, 7) is 2.78. The van der Waals surface area contributed by atoms with Crippen LogP contribution in [0.15, 0.2) is 30.5 Å². The molecule has 0 atom stereocenters. The van der Waals surface area contributed by atoms with Crippen LogP contribution in [0.1, 0.15) is 24.8 Å². The van der Waals surface area contributed by atoms with Crippen LogP contribution in [0.3, 0.4) is 0 Å². The normalized spacial score (nSPS) is 17.8. The third-order valence-electron chi connectivity index (χ3n) is 4.34. The van der Waals surface area contributed by atoms with Crippen molar-refractivity contribution < 1.29 is 0 Å². The van der Waals surface area contributed by atoms with Crippen molar-refractivity contribution in [3.05, 3.63) is 36.0 Å². The van der Waals surface area contributed by atoms with Gasteiger partial charge in [0, 0.05) is 30.2 Å². The Balaban J connectivity index is 1.63. The number of para-hydroxylation sites is 1. The Morgan fingerprint density at radius 1 is 1.28 bits per heavy atom. The van der Waals surface area contributed by atoms with Crippen molar-refractivity contribution in [3.8, 4) is 0 Å². The van der Waals surface area contributed by atoms with Gasteiger partial charge in [-0.3, -0.25) is 0 Å². The van der Waals surface area contributed by atoms with Crippen molar-refractivity contribution >= 4 is 10.9 Å². The monoisotopic (exact) mass is 243 g/mol. The molecule has 3 nitrogen and oxygen atoms in total. The molecule has 0 amide bonds. The summed E-state index contributed by atoms with van der Waals surface area (Å²) in [6, 6.07) is 8.44. The lowest BCUT2D eigenvalue weighted by Crippen LogP contribution is -2.45. The quantitative estimate of drug-likeness (QED) is 0.755. The van der Waals surface area contributed by atoms with Gasteiger partial charge in [0.25, 0.3) is 0 Å². The van der Waals surface area contributed by atoms with E-state index < -0.39 is 0 Å². The fourth-order valence-corrected chi connectivity index (χ4v) is 2.87. The molecule has 1 aliphatic rings. The molecule has 1 saturated carbocycles. The van der Waals surface area contributed by atoms with Crippen LogP contribution in [0.5, 0.6) is 0 Å². The summed E-state index contributed by atoms with van der Waals surface area (Å²) in [7, 11) is 0. The van der Waals surface area contributed by atoms with Crippen molar-refractivity contribution in [2.45, 2.75) is 25.8 Å². The highest BCUT2D eigenvalue weighted by molar-refractivity contribution is 5.82. The highest BCUT2D eigenvalue weighted by atomic mass is 14.9. The van der Waals surface area contributed by atoms with E-state index in [4.69, 9.17) is 5.73 Å². The van der Waals surface area contributed by atoms with Gasteiger partial charge in [-0.2, -0.15) is 0 Å². The van der Waals surface area contributed by atoms with E-state index in [9.17, 15) is 0 Å². The van der Waals surface area contributed by atoms with Crippen LogP contribution in [-0.2, 0) is 6.54 Å². The number of hydrogen-bond acceptors (Lipinski definition) is 2. The average molecular weight is 243 g/mol. The lowest BCUT2D eigenvalue weighted by atomic mass is 9.69. The van der Waals surface area contributed by atoms with E-state index in [2.05, 4.69) is 40.8 Å². The summed E-state index contributed by atoms with van der Waals surface area (Å²) >= 11 is 0. The minimum Gasteiger partial charge on any atom is -0.361 e. The van der Waals surface area contributed by atoms with Crippen LogP contribution < -0.4 is 11.1 Å². The molecule has 0 aliphatic heterocycles. The number of fused-ring (bicyclic) bond motifs is 1. The second kappa shape index (κ2) is 4.75. The summed E-state index contributed by atoms with van der Waals surface area (Å²) in [5, 5.41) is 4.89. The van der Waals surface area contributed by atoms with E-state index in [-0.39, 0.29) is 0 Å². The highest BCUT2D eigenvalue weighted by Gasteiger charge is 2.34. The molecular formula is C15H21N3. The molecule has 1 aromatic carbocycles. The van der Waals surface area contributed by atoms with Gasteiger partial charge in [0.2, 0.25) is 0 Å². The molecule has 96 valence electrons. The molecule has 0 unspecified atom stereocenters. The van der Waals surface area contributed by atoms with Crippen LogP contribution >= 0.6 is 0 Å². The molecule has 2 aromatic rings. The Kier molecular flexibility index (Phi) is 3.10. The number of nitrogens with two attached hydrogens (primary N) is 1. The van der Waals surface area contributed by atoms with Crippen LogP contribution in [0.25, 0.3) is 10.9 Å². The topological polar surface area (TPSA) is 53.8 Å². The molecule has 0 radical (unpaired) electrons. The Hall–Kier alpha value is -1.32. The Morgan fingerprint density at radius 2 is 2.11 bits per heavy atom. The predicted octanol–water partition coefficient (Wildman–Crippen LogP) is 2.39. The Labute approximate surface area is 108 Å². The second-order valence-corrected chi connectivity index (χ2v) is 5.52. The fourth-order valence-electron chi connectivity index (χ4n) is 2.87. The number of H-pyrrole nitrogens is 1. The van der Waals surface area contributed by atoms with Crippen LogP contribution in [0.2, 0.25) is 0 Å². The van der Waals surface area contributed by atoms with Gasteiger partial charge in [-0.15, -0.1) is 0 Å². The molecule has 1 aliphatic carbocycles. The standard InChI is InChI=1S/C15H21N3/c16-10-15(6-3-7-15)11-17-8-12-9-18-14-5-2-1-4-13(12)14/h1-2,4-5,9,17-18H,3,6-8,10-11,16H2. The molecular weight excluding hydrogens is 222 g/mol. The third kappa shape index (κ3) is 2.04. The first-order valence-electron chi connectivity index (χ1n) is 6.79. The van der Waals surface area contributed by atoms with Gasteiger partial charge in [-0.1, -0.05) is 24.6 Å². The van der Waals surface area contributed by atoms with Crippen LogP contribution in [0, 0.1) is 5.41 Å². The van der Waals surface area contributed by atoms with Crippen molar-refractivity contribution in [1.29, 1.82) is 0 Å². The molecule has 1 heterocycles. The van der Waals surface area contributed by atoms with Gasteiger partial charge in [0.1, 0.15) is 0 Å². The molecule has 3 rings (SSSR count).